The fourth-order valence-electron chi connectivity index (χ4n) is 2.32. The highest BCUT2D eigenvalue weighted by atomic mass is 32.1. The third kappa shape index (κ3) is 3.36. The number of alkyl halides is 3. The first-order chi connectivity index (χ1) is 11.8. The van der Waals surface area contributed by atoms with Gasteiger partial charge in [0.05, 0.1) is 6.61 Å². The molecule has 3 rings (SSSR count). The first kappa shape index (κ1) is 17.4. The first-order valence-electron chi connectivity index (χ1n) is 7.31. The molecule has 3 heterocycles. The number of carbonyl (C=O) groups excluding carboxylic acids is 2. The second kappa shape index (κ2) is 6.46. The van der Waals surface area contributed by atoms with Crippen LogP contribution in [0.15, 0.2) is 0 Å². The molecule has 0 aliphatic carbocycles. The summed E-state index contributed by atoms with van der Waals surface area (Å²) in [5.74, 6) is -1.78. The molecule has 0 N–H and O–H groups in total. The molecule has 0 aromatic carbocycles. The third-order valence-corrected chi connectivity index (χ3v) is 4.41. The number of ether oxygens (including phenoxy) is 1. The highest BCUT2D eigenvalue weighted by Gasteiger charge is 2.39. The highest BCUT2D eigenvalue weighted by molar-refractivity contribution is 7.18. The molecule has 0 unspecified atom stereocenters. The van der Waals surface area contributed by atoms with Gasteiger partial charge in [-0.1, -0.05) is 11.3 Å². The van der Waals surface area contributed by atoms with Crippen LogP contribution in [0.5, 0.6) is 0 Å². The number of carbonyl (C=O) groups is 2. The number of nitrogens with zero attached hydrogens (tertiary/aromatic N) is 6. The molecule has 1 saturated heterocycles. The molecule has 1 aliphatic heterocycles. The van der Waals surface area contributed by atoms with Crippen molar-refractivity contribution >= 4 is 28.3 Å². The average molecular weight is 378 g/mol. The Bertz CT molecular complexity index is 796. The molecule has 9 nitrogen and oxygen atoms in total. The highest BCUT2D eigenvalue weighted by Crippen LogP contribution is 2.29. The van der Waals surface area contributed by atoms with Gasteiger partial charge < -0.3 is 14.5 Å². The standard InChI is InChI=1S/C12H13F3N6O3S/c1-2-24-11(23)20-5-3-19(4-6-20)8(22)7-18-21-9(12(13,14)15)16-17-10(21)25-7/h2-6H2,1H3. The van der Waals surface area contributed by atoms with Crippen molar-refractivity contribution in [1.82, 2.24) is 29.6 Å². The smallest absolute Gasteiger partial charge is 0.450 e. The van der Waals surface area contributed by atoms with Crippen LogP contribution in [-0.2, 0) is 10.9 Å². The Labute approximate surface area is 143 Å². The molecule has 25 heavy (non-hydrogen) atoms. The Kier molecular flexibility index (Phi) is 4.49. The van der Waals surface area contributed by atoms with E-state index in [9.17, 15) is 22.8 Å². The van der Waals surface area contributed by atoms with Crippen LogP contribution in [0.3, 0.4) is 0 Å². The van der Waals surface area contributed by atoms with Crippen LogP contribution in [0.1, 0.15) is 22.6 Å². The molecule has 136 valence electrons. The Hall–Kier alpha value is -2.44. The monoisotopic (exact) mass is 378 g/mol. The largest absolute Gasteiger partial charge is 0.453 e. The second-order valence-electron chi connectivity index (χ2n) is 5.10. The van der Waals surface area contributed by atoms with E-state index in [-0.39, 0.29) is 42.8 Å². The minimum atomic E-state index is -4.71. The van der Waals surface area contributed by atoms with E-state index in [1.165, 1.54) is 9.80 Å². The lowest BCUT2D eigenvalue weighted by atomic mass is 10.3. The van der Waals surface area contributed by atoms with Gasteiger partial charge >= 0.3 is 12.3 Å². The zero-order valence-electron chi connectivity index (χ0n) is 13.0. The van der Waals surface area contributed by atoms with Crippen molar-refractivity contribution in [3.05, 3.63) is 10.8 Å². The van der Waals surface area contributed by atoms with Gasteiger partial charge in [-0.15, -0.1) is 15.3 Å². The molecule has 13 heteroatoms. The van der Waals surface area contributed by atoms with Gasteiger partial charge in [0.25, 0.3) is 11.7 Å². The molecule has 2 amide bonds. The molecule has 0 spiro atoms. The maximum atomic E-state index is 12.8. The van der Waals surface area contributed by atoms with E-state index in [1.807, 2.05) is 0 Å². The van der Waals surface area contributed by atoms with Crippen LogP contribution in [0.25, 0.3) is 4.96 Å². The third-order valence-electron chi connectivity index (χ3n) is 3.52. The predicted molar refractivity (Wildman–Crippen MR) is 78.2 cm³/mol. The number of amides is 2. The van der Waals surface area contributed by atoms with Crippen LogP contribution in [0.2, 0.25) is 0 Å². The number of hydrogen-bond donors (Lipinski definition) is 0. The van der Waals surface area contributed by atoms with Crippen molar-refractivity contribution in [1.29, 1.82) is 0 Å². The number of aromatic nitrogens is 4. The van der Waals surface area contributed by atoms with Crippen LogP contribution in [-0.4, -0.2) is 74.4 Å². The molecule has 0 bridgehead atoms. The van der Waals surface area contributed by atoms with Gasteiger partial charge in [-0.2, -0.15) is 17.7 Å². The van der Waals surface area contributed by atoms with Crippen molar-refractivity contribution in [3.63, 3.8) is 0 Å². The van der Waals surface area contributed by atoms with Crippen molar-refractivity contribution in [2.45, 2.75) is 13.1 Å². The number of halogens is 3. The van der Waals surface area contributed by atoms with Crippen LogP contribution < -0.4 is 0 Å². The Morgan fingerprint density at radius 2 is 1.80 bits per heavy atom. The quantitative estimate of drug-likeness (QED) is 0.778. The summed E-state index contributed by atoms with van der Waals surface area (Å²) >= 11 is 0.733. The minimum Gasteiger partial charge on any atom is -0.450 e. The SMILES string of the molecule is CCOC(=O)N1CCN(C(=O)c2nn3c(C(F)(F)F)nnc3s2)CC1. The van der Waals surface area contributed by atoms with E-state index in [4.69, 9.17) is 4.74 Å². The number of rotatable bonds is 2. The molecule has 2 aromatic rings. The Morgan fingerprint density at radius 1 is 1.16 bits per heavy atom. The van der Waals surface area contributed by atoms with Gasteiger partial charge in [0.2, 0.25) is 9.97 Å². The fraction of sp³-hybridized carbons (Fsp3) is 0.583. The summed E-state index contributed by atoms with van der Waals surface area (Å²) in [4.78, 5) is 26.8. The fourth-order valence-corrected chi connectivity index (χ4v) is 3.13. The zero-order chi connectivity index (χ0) is 18.2. The van der Waals surface area contributed by atoms with Gasteiger partial charge in [-0.3, -0.25) is 4.79 Å². The molecule has 0 atom stereocenters. The van der Waals surface area contributed by atoms with E-state index >= 15 is 0 Å². The van der Waals surface area contributed by atoms with Gasteiger partial charge in [-0.25, -0.2) is 4.79 Å². The molecule has 0 radical (unpaired) electrons. The normalized spacial score (nSPS) is 15.7. The summed E-state index contributed by atoms with van der Waals surface area (Å²) in [6.45, 7) is 2.99. The first-order valence-corrected chi connectivity index (χ1v) is 8.13. The van der Waals surface area contributed by atoms with Crippen LogP contribution in [0.4, 0.5) is 18.0 Å². The number of piperazine rings is 1. The van der Waals surface area contributed by atoms with Crippen molar-refractivity contribution in [3.8, 4) is 0 Å². The Morgan fingerprint density at radius 3 is 2.40 bits per heavy atom. The van der Waals surface area contributed by atoms with E-state index in [1.54, 1.807) is 6.92 Å². The Balaban J connectivity index is 1.71. The summed E-state index contributed by atoms with van der Waals surface area (Å²) in [5.41, 5.74) is 0. The summed E-state index contributed by atoms with van der Waals surface area (Å²) in [6, 6.07) is 0. The maximum absolute atomic E-state index is 12.8. The minimum absolute atomic E-state index is 0.110. The van der Waals surface area contributed by atoms with E-state index < -0.39 is 24.0 Å². The van der Waals surface area contributed by atoms with E-state index in [0.29, 0.717) is 4.52 Å². The molecule has 2 aromatic heterocycles. The molecular formula is C12H13F3N6O3S. The maximum Gasteiger partial charge on any atom is 0.453 e. The van der Waals surface area contributed by atoms with E-state index in [0.717, 1.165) is 11.3 Å². The molecular weight excluding hydrogens is 365 g/mol. The van der Waals surface area contributed by atoms with Crippen molar-refractivity contribution in [2.75, 3.05) is 32.8 Å². The topological polar surface area (TPSA) is 92.9 Å². The van der Waals surface area contributed by atoms with Crippen molar-refractivity contribution in [2.24, 2.45) is 0 Å². The van der Waals surface area contributed by atoms with Crippen molar-refractivity contribution < 1.29 is 27.5 Å². The van der Waals surface area contributed by atoms with Crippen LogP contribution in [0, 0.1) is 0 Å². The van der Waals surface area contributed by atoms with E-state index in [2.05, 4.69) is 15.3 Å². The van der Waals surface area contributed by atoms with Gasteiger partial charge in [0, 0.05) is 26.2 Å². The number of hydrogen-bond acceptors (Lipinski definition) is 7. The van der Waals surface area contributed by atoms with Gasteiger partial charge in [-0.05, 0) is 6.92 Å². The summed E-state index contributed by atoms with van der Waals surface area (Å²) in [5, 5.41) is 10.0. The van der Waals surface area contributed by atoms with Gasteiger partial charge in [0.1, 0.15) is 0 Å². The molecule has 1 fully saturated rings. The zero-order valence-corrected chi connectivity index (χ0v) is 13.8. The van der Waals surface area contributed by atoms with Gasteiger partial charge in [0.15, 0.2) is 0 Å². The average Bonchev–Trinajstić information content (AvgIpc) is 3.14. The van der Waals surface area contributed by atoms with Crippen LogP contribution >= 0.6 is 11.3 Å². The summed E-state index contributed by atoms with van der Waals surface area (Å²) < 4.78 is 43.8. The lowest BCUT2D eigenvalue weighted by molar-refractivity contribution is -0.146. The molecule has 0 saturated carbocycles. The second-order valence-corrected chi connectivity index (χ2v) is 6.06. The lowest BCUT2D eigenvalue weighted by Gasteiger charge is -2.33. The lowest BCUT2D eigenvalue weighted by Crippen LogP contribution is -2.50. The predicted octanol–water partition coefficient (Wildman–Crippen LogP) is 1.12. The summed E-state index contributed by atoms with van der Waals surface area (Å²) in [6.07, 6.45) is -5.16. The summed E-state index contributed by atoms with van der Waals surface area (Å²) in [7, 11) is 0. The number of fused-ring (bicyclic) bond motifs is 1. The molecule has 1 aliphatic rings.